The Morgan fingerprint density at radius 3 is 2.35 bits per heavy atom. The highest BCUT2D eigenvalue weighted by atomic mass is 35.5. The van der Waals surface area contributed by atoms with Crippen molar-refractivity contribution in [2.24, 2.45) is 0 Å². The van der Waals surface area contributed by atoms with Gasteiger partial charge >= 0.3 is 0 Å². The number of amides is 1. The van der Waals surface area contributed by atoms with Crippen LogP contribution in [0.1, 0.15) is 0 Å². The van der Waals surface area contributed by atoms with Gasteiger partial charge in [-0.1, -0.05) is 29.3 Å². The Bertz CT molecular complexity index is 689. The minimum absolute atomic E-state index is 0.168. The molecule has 0 saturated carbocycles. The molecule has 0 bridgehead atoms. The van der Waals surface area contributed by atoms with Crippen molar-refractivity contribution in [1.82, 2.24) is 0 Å². The Balaban J connectivity index is 2.00. The molecule has 2 rings (SSSR count). The van der Waals surface area contributed by atoms with Crippen molar-refractivity contribution in [2.45, 2.75) is 4.90 Å². The molecule has 7 heteroatoms. The number of halogens is 2. The zero-order chi connectivity index (χ0) is 16.8. The molecule has 0 fully saturated rings. The van der Waals surface area contributed by atoms with E-state index in [2.05, 4.69) is 5.32 Å². The lowest BCUT2D eigenvalue weighted by atomic mass is 10.2. The molecule has 0 aromatic heterocycles. The third-order valence-electron chi connectivity index (χ3n) is 2.93. The number of thioether (sulfide) groups is 1. The summed E-state index contributed by atoms with van der Waals surface area (Å²) in [4.78, 5) is 12.8. The number of ether oxygens (including phenoxy) is 2. The summed E-state index contributed by atoms with van der Waals surface area (Å²) in [5, 5.41) is 3.85. The fourth-order valence-corrected chi connectivity index (χ4v) is 3.35. The summed E-state index contributed by atoms with van der Waals surface area (Å²) in [6.45, 7) is 0. The number of methoxy groups -OCH3 is 2. The van der Waals surface area contributed by atoms with E-state index in [-0.39, 0.29) is 11.7 Å². The third-order valence-corrected chi connectivity index (χ3v) is 4.92. The van der Waals surface area contributed by atoms with Crippen molar-refractivity contribution in [1.29, 1.82) is 0 Å². The van der Waals surface area contributed by atoms with Gasteiger partial charge in [0.25, 0.3) is 0 Å². The van der Waals surface area contributed by atoms with Crippen LogP contribution in [0.25, 0.3) is 0 Å². The van der Waals surface area contributed by atoms with E-state index in [0.29, 0.717) is 32.1 Å². The highest BCUT2D eigenvalue weighted by Gasteiger charge is 2.11. The summed E-state index contributed by atoms with van der Waals surface area (Å²) in [6.07, 6.45) is 0. The minimum atomic E-state index is -0.168. The molecule has 1 N–H and O–H groups in total. The summed E-state index contributed by atoms with van der Waals surface area (Å²) in [5.41, 5.74) is 0.624. The van der Waals surface area contributed by atoms with Crippen molar-refractivity contribution in [2.75, 3.05) is 25.3 Å². The van der Waals surface area contributed by atoms with E-state index >= 15 is 0 Å². The van der Waals surface area contributed by atoms with Crippen LogP contribution in [-0.2, 0) is 4.79 Å². The molecule has 0 saturated heterocycles. The maximum Gasteiger partial charge on any atom is 0.234 e. The zero-order valence-corrected chi connectivity index (χ0v) is 14.9. The number of rotatable bonds is 6. The summed E-state index contributed by atoms with van der Waals surface area (Å²) in [7, 11) is 3.10. The third kappa shape index (κ3) is 4.70. The van der Waals surface area contributed by atoms with Crippen molar-refractivity contribution in [3.8, 4) is 11.5 Å². The van der Waals surface area contributed by atoms with Crippen LogP contribution in [0.15, 0.2) is 41.3 Å². The summed E-state index contributed by atoms with van der Waals surface area (Å²) in [5.74, 6) is 1.17. The number of benzene rings is 2. The molecule has 0 aliphatic rings. The van der Waals surface area contributed by atoms with Crippen LogP contribution >= 0.6 is 35.0 Å². The topological polar surface area (TPSA) is 47.6 Å². The minimum Gasteiger partial charge on any atom is -0.493 e. The highest BCUT2D eigenvalue weighted by Crippen LogP contribution is 2.34. The molecule has 2 aromatic carbocycles. The molecule has 23 heavy (non-hydrogen) atoms. The molecule has 0 radical (unpaired) electrons. The molecule has 1 amide bonds. The monoisotopic (exact) mass is 371 g/mol. The summed E-state index contributed by atoms with van der Waals surface area (Å²) in [6, 6.07) is 10.4. The van der Waals surface area contributed by atoms with Gasteiger partial charge in [0, 0.05) is 16.6 Å². The molecule has 0 aliphatic carbocycles. The van der Waals surface area contributed by atoms with E-state index in [9.17, 15) is 4.79 Å². The fourth-order valence-electron chi connectivity index (χ4n) is 1.87. The molecule has 0 atom stereocenters. The second-order valence-electron chi connectivity index (χ2n) is 4.46. The van der Waals surface area contributed by atoms with Crippen molar-refractivity contribution in [3.63, 3.8) is 0 Å². The summed E-state index contributed by atoms with van der Waals surface area (Å²) >= 11 is 13.4. The predicted molar refractivity (Wildman–Crippen MR) is 95.4 cm³/mol. The number of carbonyl (C=O) groups is 1. The van der Waals surface area contributed by atoms with Gasteiger partial charge in [-0.15, -0.1) is 11.8 Å². The number of anilines is 1. The molecule has 0 aliphatic heterocycles. The van der Waals surface area contributed by atoms with Crippen molar-refractivity contribution >= 4 is 46.6 Å². The maximum absolute atomic E-state index is 12.1. The van der Waals surface area contributed by atoms with Crippen molar-refractivity contribution < 1.29 is 14.3 Å². The normalized spacial score (nSPS) is 10.3. The Labute approximate surface area is 149 Å². The predicted octanol–water partition coefficient (Wildman–Crippen LogP) is 4.74. The number of carbonyl (C=O) groups excluding carboxylic acids is 1. The number of hydrogen-bond donors (Lipinski definition) is 1. The van der Waals surface area contributed by atoms with E-state index in [1.54, 1.807) is 50.6 Å². The fraction of sp³-hybridized carbons (Fsp3) is 0.188. The van der Waals surface area contributed by atoms with Crippen LogP contribution in [0, 0.1) is 0 Å². The van der Waals surface area contributed by atoms with Gasteiger partial charge in [0.15, 0.2) is 11.5 Å². The molecular weight excluding hydrogens is 357 g/mol. The van der Waals surface area contributed by atoms with E-state index in [1.807, 2.05) is 0 Å². The van der Waals surface area contributed by atoms with E-state index in [1.165, 1.54) is 11.8 Å². The molecule has 4 nitrogen and oxygen atoms in total. The highest BCUT2D eigenvalue weighted by molar-refractivity contribution is 8.00. The largest absolute Gasteiger partial charge is 0.493 e. The van der Waals surface area contributed by atoms with Crippen molar-refractivity contribution in [3.05, 3.63) is 46.4 Å². The van der Waals surface area contributed by atoms with Gasteiger partial charge in [0.05, 0.1) is 30.0 Å². The average molecular weight is 372 g/mol. The van der Waals surface area contributed by atoms with Crippen LogP contribution in [0.5, 0.6) is 11.5 Å². The molecule has 122 valence electrons. The van der Waals surface area contributed by atoms with Crippen LogP contribution < -0.4 is 14.8 Å². The van der Waals surface area contributed by atoms with Crippen LogP contribution in [0.4, 0.5) is 5.69 Å². The lowest BCUT2D eigenvalue weighted by molar-refractivity contribution is -0.113. The molecule has 0 heterocycles. The smallest absolute Gasteiger partial charge is 0.234 e. The van der Waals surface area contributed by atoms with E-state index in [0.717, 1.165) is 0 Å². The first-order chi connectivity index (χ1) is 11.0. The summed E-state index contributed by atoms with van der Waals surface area (Å²) < 4.78 is 10.4. The second kappa shape index (κ2) is 8.34. The standard InChI is InChI=1S/C16H15Cl2NO3S/c1-21-13-7-6-10(8-14(13)22-2)19-15(20)9-23-16-11(17)4-3-5-12(16)18/h3-8H,9H2,1-2H3,(H,19,20). The Morgan fingerprint density at radius 1 is 1.09 bits per heavy atom. The first-order valence-electron chi connectivity index (χ1n) is 6.64. The van der Waals surface area contributed by atoms with Gasteiger partial charge in [-0.2, -0.15) is 0 Å². The Morgan fingerprint density at radius 2 is 1.74 bits per heavy atom. The van der Waals surface area contributed by atoms with Gasteiger partial charge in [0.1, 0.15) is 0 Å². The van der Waals surface area contributed by atoms with Gasteiger partial charge in [-0.3, -0.25) is 4.79 Å². The van der Waals surface area contributed by atoms with E-state index in [4.69, 9.17) is 32.7 Å². The van der Waals surface area contributed by atoms with Crippen LogP contribution in [0.3, 0.4) is 0 Å². The Hall–Kier alpha value is -1.56. The lowest BCUT2D eigenvalue weighted by Crippen LogP contribution is -2.14. The number of nitrogens with one attached hydrogen (secondary N) is 1. The first-order valence-corrected chi connectivity index (χ1v) is 8.38. The van der Waals surface area contributed by atoms with E-state index < -0.39 is 0 Å². The Kier molecular flexibility index (Phi) is 6.45. The number of hydrogen-bond acceptors (Lipinski definition) is 4. The van der Waals surface area contributed by atoms with Crippen LogP contribution in [0.2, 0.25) is 10.0 Å². The molecule has 0 unspecified atom stereocenters. The molecule has 2 aromatic rings. The average Bonchev–Trinajstić information content (AvgIpc) is 2.54. The quantitative estimate of drug-likeness (QED) is 0.744. The molecule has 0 spiro atoms. The first kappa shape index (κ1) is 17.8. The van der Waals surface area contributed by atoms with Gasteiger partial charge in [0.2, 0.25) is 5.91 Å². The lowest BCUT2D eigenvalue weighted by Gasteiger charge is -2.11. The maximum atomic E-state index is 12.1. The molecular formula is C16H15Cl2NO3S. The van der Waals surface area contributed by atoms with Gasteiger partial charge in [-0.25, -0.2) is 0 Å². The second-order valence-corrected chi connectivity index (χ2v) is 6.26. The zero-order valence-electron chi connectivity index (χ0n) is 12.6. The van der Waals surface area contributed by atoms with Gasteiger partial charge in [-0.05, 0) is 24.3 Å². The SMILES string of the molecule is COc1ccc(NC(=O)CSc2c(Cl)cccc2Cl)cc1OC. The van der Waals surface area contributed by atoms with Crippen LogP contribution in [-0.4, -0.2) is 25.9 Å². The van der Waals surface area contributed by atoms with Gasteiger partial charge < -0.3 is 14.8 Å².